The normalized spacial score (nSPS) is 14.8. The lowest BCUT2D eigenvalue weighted by molar-refractivity contribution is 0.420. The first-order valence-corrected chi connectivity index (χ1v) is 8.00. The molecule has 0 bridgehead atoms. The van der Waals surface area contributed by atoms with Crippen LogP contribution in [-0.2, 0) is 0 Å². The number of rotatable bonds is 3. The number of pyridine rings is 1. The molecule has 1 saturated carbocycles. The van der Waals surface area contributed by atoms with Crippen molar-refractivity contribution in [3.63, 3.8) is 0 Å². The highest BCUT2D eigenvalue weighted by molar-refractivity contribution is 6.32. The fraction of sp³-hybridized carbons (Fsp3) is 0.211. The summed E-state index contributed by atoms with van der Waals surface area (Å²) >= 11 is 6.42. The first-order chi connectivity index (χ1) is 10.8. The molecule has 2 aromatic carbocycles. The Morgan fingerprint density at radius 3 is 2.55 bits per heavy atom. The van der Waals surface area contributed by atoms with Gasteiger partial charge in [0.15, 0.2) is 0 Å². The summed E-state index contributed by atoms with van der Waals surface area (Å²) in [6.45, 7) is 0. The van der Waals surface area contributed by atoms with E-state index in [1.54, 1.807) is 0 Å². The van der Waals surface area contributed by atoms with Crippen molar-refractivity contribution in [1.29, 1.82) is 0 Å². The molecule has 4 rings (SSSR count). The Morgan fingerprint density at radius 1 is 1.00 bits per heavy atom. The van der Waals surface area contributed by atoms with E-state index in [-0.39, 0.29) is 0 Å². The van der Waals surface area contributed by atoms with Crippen molar-refractivity contribution < 1.29 is 4.74 Å². The molecule has 1 aliphatic rings. The van der Waals surface area contributed by atoms with Crippen molar-refractivity contribution >= 4 is 22.5 Å². The van der Waals surface area contributed by atoms with E-state index in [0.29, 0.717) is 11.8 Å². The molecule has 0 N–H and O–H groups in total. The number of benzene rings is 2. The van der Waals surface area contributed by atoms with Gasteiger partial charge < -0.3 is 4.74 Å². The predicted molar refractivity (Wildman–Crippen MR) is 89.9 cm³/mol. The lowest BCUT2D eigenvalue weighted by Crippen LogP contribution is -2.09. The van der Waals surface area contributed by atoms with Crippen LogP contribution in [0, 0.1) is 0 Å². The fourth-order valence-corrected chi connectivity index (χ4v) is 3.17. The lowest BCUT2D eigenvalue weighted by atomic mass is 9.80. The average Bonchev–Trinajstić information content (AvgIpc) is 2.48. The number of ether oxygens (including phenoxy) is 1. The Kier molecular flexibility index (Phi) is 3.47. The van der Waals surface area contributed by atoms with Gasteiger partial charge in [-0.25, -0.2) is 4.98 Å². The molecule has 0 amide bonds. The van der Waals surface area contributed by atoms with Crippen molar-refractivity contribution in [3.05, 3.63) is 65.2 Å². The Bertz CT molecular complexity index is 812. The van der Waals surface area contributed by atoms with E-state index in [2.05, 4.69) is 11.1 Å². The maximum absolute atomic E-state index is 6.42. The van der Waals surface area contributed by atoms with Gasteiger partial charge in [0.1, 0.15) is 5.75 Å². The molecule has 1 heterocycles. The molecule has 3 aromatic rings. The van der Waals surface area contributed by atoms with Crippen LogP contribution in [0.3, 0.4) is 0 Å². The molecule has 0 unspecified atom stereocenters. The minimum atomic E-state index is 0.595. The third-order valence-corrected chi connectivity index (χ3v) is 4.62. The number of halogens is 1. The van der Waals surface area contributed by atoms with Gasteiger partial charge in [-0.15, -0.1) is 0 Å². The van der Waals surface area contributed by atoms with Crippen LogP contribution < -0.4 is 4.74 Å². The first-order valence-electron chi connectivity index (χ1n) is 7.63. The van der Waals surface area contributed by atoms with E-state index in [4.69, 9.17) is 16.3 Å². The largest absolute Gasteiger partial charge is 0.439 e. The maximum atomic E-state index is 6.42. The van der Waals surface area contributed by atoms with Crippen molar-refractivity contribution in [3.8, 4) is 11.6 Å². The van der Waals surface area contributed by atoms with E-state index < -0.39 is 0 Å². The minimum Gasteiger partial charge on any atom is -0.439 e. The molecular formula is C19H16ClNO. The monoisotopic (exact) mass is 309 g/mol. The van der Waals surface area contributed by atoms with Gasteiger partial charge in [-0.05, 0) is 54.7 Å². The summed E-state index contributed by atoms with van der Waals surface area (Å²) in [6.07, 6.45) is 3.75. The van der Waals surface area contributed by atoms with Crippen LogP contribution in [0.5, 0.6) is 11.6 Å². The summed E-state index contributed by atoms with van der Waals surface area (Å²) in [5.41, 5.74) is 2.17. The lowest BCUT2D eigenvalue weighted by Gasteiger charge is -2.26. The quantitative estimate of drug-likeness (QED) is 0.596. The summed E-state index contributed by atoms with van der Waals surface area (Å²) in [7, 11) is 0. The zero-order valence-electron chi connectivity index (χ0n) is 12.1. The second-order valence-electron chi connectivity index (χ2n) is 5.76. The molecule has 0 spiro atoms. The molecule has 1 aliphatic carbocycles. The van der Waals surface area contributed by atoms with Gasteiger partial charge in [0.25, 0.3) is 0 Å². The molecular weight excluding hydrogens is 294 g/mol. The summed E-state index contributed by atoms with van der Waals surface area (Å²) in [4.78, 5) is 4.63. The second kappa shape index (κ2) is 5.62. The summed E-state index contributed by atoms with van der Waals surface area (Å²) in [5, 5.41) is 1.91. The van der Waals surface area contributed by atoms with Gasteiger partial charge in [0.2, 0.25) is 5.88 Å². The third kappa shape index (κ3) is 2.55. The molecule has 1 fully saturated rings. The predicted octanol–water partition coefficient (Wildman–Crippen LogP) is 5.95. The molecule has 1 aromatic heterocycles. The molecule has 2 nitrogen and oxygen atoms in total. The van der Waals surface area contributed by atoms with Gasteiger partial charge in [-0.2, -0.15) is 0 Å². The zero-order chi connectivity index (χ0) is 14.9. The van der Waals surface area contributed by atoms with E-state index in [9.17, 15) is 0 Å². The standard InChI is InChI=1S/C19H16ClNO/c20-17-11-14-9-10-19(22-15-7-2-1-3-8-15)21-18(14)12-16(17)13-5-4-6-13/h1-3,7-13H,4-6H2. The van der Waals surface area contributed by atoms with Gasteiger partial charge in [-0.1, -0.05) is 36.2 Å². The van der Waals surface area contributed by atoms with Crippen LogP contribution in [0.2, 0.25) is 5.02 Å². The van der Waals surface area contributed by atoms with E-state index >= 15 is 0 Å². The van der Waals surface area contributed by atoms with E-state index in [0.717, 1.165) is 21.7 Å². The Hall–Kier alpha value is -2.06. The van der Waals surface area contributed by atoms with E-state index in [1.807, 2.05) is 48.5 Å². The SMILES string of the molecule is Clc1cc2ccc(Oc3ccccc3)nc2cc1C1CCC1. The highest BCUT2D eigenvalue weighted by Gasteiger charge is 2.22. The number of para-hydroxylation sites is 1. The topological polar surface area (TPSA) is 22.1 Å². The van der Waals surface area contributed by atoms with Crippen molar-refractivity contribution in [2.75, 3.05) is 0 Å². The molecule has 3 heteroatoms. The third-order valence-electron chi connectivity index (χ3n) is 4.29. The van der Waals surface area contributed by atoms with Gasteiger partial charge >= 0.3 is 0 Å². The van der Waals surface area contributed by atoms with Gasteiger partial charge in [0, 0.05) is 16.5 Å². The number of aromatic nitrogens is 1. The Morgan fingerprint density at radius 2 is 1.82 bits per heavy atom. The van der Waals surface area contributed by atoms with Crippen LogP contribution in [0.1, 0.15) is 30.7 Å². The summed E-state index contributed by atoms with van der Waals surface area (Å²) in [5.74, 6) is 2.00. The Labute approximate surface area is 134 Å². The minimum absolute atomic E-state index is 0.595. The first kappa shape index (κ1) is 13.6. The van der Waals surface area contributed by atoms with Crippen molar-refractivity contribution in [2.24, 2.45) is 0 Å². The molecule has 110 valence electrons. The number of fused-ring (bicyclic) bond motifs is 1. The summed E-state index contributed by atoms with van der Waals surface area (Å²) < 4.78 is 5.81. The van der Waals surface area contributed by atoms with Crippen LogP contribution in [0.4, 0.5) is 0 Å². The van der Waals surface area contributed by atoms with Crippen molar-refractivity contribution in [1.82, 2.24) is 4.98 Å². The average molecular weight is 310 g/mol. The summed E-state index contributed by atoms with van der Waals surface area (Å²) in [6, 6.07) is 17.7. The highest BCUT2D eigenvalue weighted by Crippen LogP contribution is 2.41. The molecule has 0 atom stereocenters. The number of hydrogen-bond acceptors (Lipinski definition) is 2. The fourth-order valence-electron chi connectivity index (χ4n) is 2.84. The zero-order valence-corrected chi connectivity index (χ0v) is 12.9. The van der Waals surface area contributed by atoms with Crippen LogP contribution >= 0.6 is 11.6 Å². The van der Waals surface area contributed by atoms with Gasteiger partial charge in [-0.3, -0.25) is 0 Å². The molecule has 0 radical (unpaired) electrons. The van der Waals surface area contributed by atoms with Crippen LogP contribution in [-0.4, -0.2) is 4.98 Å². The van der Waals surface area contributed by atoms with Crippen LogP contribution in [0.15, 0.2) is 54.6 Å². The smallest absolute Gasteiger partial charge is 0.219 e. The van der Waals surface area contributed by atoms with Crippen LogP contribution in [0.25, 0.3) is 10.9 Å². The molecule has 22 heavy (non-hydrogen) atoms. The molecule has 0 aliphatic heterocycles. The number of hydrogen-bond donors (Lipinski definition) is 0. The highest BCUT2D eigenvalue weighted by atomic mass is 35.5. The van der Waals surface area contributed by atoms with E-state index in [1.165, 1.54) is 24.8 Å². The van der Waals surface area contributed by atoms with Gasteiger partial charge in [0.05, 0.1) is 5.52 Å². The number of nitrogens with zero attached hydrogens (tertiary/aromatic N) is 1. The Balaban J connectivity index is 1.71. The van der Waals surface area contributed by atoms with Crippen molar-refractivity contribution in [2.45, 2.75) is 25.2 Å². The second-order valence-corrected chi connectivity index (χ2v) is 6.17. The molecule has 0 saturated heterocycles. The maximum Gasteiger partial charge on any atom is 0.219 e.